The Kier molecular flexibility index (Phi) is 6.73. The van der Waals surface area contributed by atoms with Crippen LogP contribution in [-0.4, -0.2) is 22.7 Å². The third-order valence-corrected chi connectivity index (χ3v) is 4.43. The molecule has 0 aliphatic carbocycles. The Balaban J connectivity index is 0.00000162. The number of nitrogens with zero attached hydrogens (tertiary/aromatic N) is 1. The van der Waals surface area contributed by atoms with E-state index < -0.39 is 0 Å². The van der Waals surface area contributed by atoms with E-state index in [1.165, 1.54) is 0 Å². The predicted octanol–water partition coefficient (Wildman–Crippen LogP) is 3.98. The molecular weight excluding hydrogens is 503 g/mol. The van der Waals surface area contributed by atoms with Crippen molar-refractivity contribution >= 4 is 59.4 Å². The number of alkyl halides is 1. The number of carbonyl (C=O) groups is 1. The molecule has 1 amide bonds. The van der Waals surface area contributed by atoms with Gasteiger partial charge in [0.2, 0.25) is 5.91 Å². The molecule has 0 bridgehead atoms. The molecule has 1 aliphatic heterocycles. The Labute approximate surface area is 157 Å². The van der Waals surface area contributed by atoms with Gasteiger partial charge in [0.25, 0.3) is 0 Å². The van der Waals surface area contributed by atoms with Crippen LogP contribution in [0.1, 0.15) is 12.0 Å². The molecule has 0 saturated heterocycles. The maximum atomic E-state index is 11.9. The Morgan fingerprint density at radius 2 is 2.06 bits per heavy atom. The SMILES string of the molecule is CN1C(=O)C(Br)C[C-]=C1c1ccc(Br)cc1Br.[Y]. The molecule has 1 aromatic carbocycles. The van der Waals surface area contributed by atoms with E-state index in [0.29, 0.717) is 6.42 Å². The molecule has 2 nitrogen and oxygen atoms in total. The molecule has 0 aromatic heterocycles. The van der Waals surface area contributed by atoms with Crippen LogP contribution >= 0.6 is 47.8 Å². The standard InChI is InChI=1S/C12H9Br3NO.Y/c1-16-11(5-4-9(14)12(16)17)8-3-2-7(13)6-10(8)15;/h2-3,6,9H,4H2,1H3;/q-1;. The van der Waals surface area contributed by atoms with Crippen LogP contribution in [-0.2, 0) is 37.5 Å². The Hall–Kier alpha value is 0.974. The van der Waals surface area contributed by atoms with Crippen LogP contribution in [0.5, 0.6) is 0 Å². The second-order valence-electron chi connectivity index (χ2n) is 3.72. The Bertz CT molecular complexity index is 504. The van der Waals surface area contributed by atoms with E-state index in [1.54, 1.807) is 11.9 Å². The van der Waals surface area contributed by atoms with Crippen LogP contribution in [0.3, 0.4) is 0 Å². The fraction of sp³-hybridized carbons (Fsp3) is 0.250. The van der Waals surface area contributed by atoms with Crippen LogP contribution in [0, 0.1) is 6.08 Å². The van der Waals surface area contributed by atoms with E-state index >= 15 is 0 Å². The van der Waals surface area contributed by atoms with E-state index in [1.807, 2.05) is 18.2 Å². The minimum Gasteiger partial charge on any atom is -0.349 e. The van der Waals surface area contributed by atoms with Crippen molar-refractivity contribution in [1.82, 2.24) is 4.90 Å². The Morgan fingerprint density at radius 3 is 2.67 bits per heavy atom. The topological polar surface area (TPSA) is 20.3 Å². The van der Waals surface area contributed by atoms with Crippen LogP contribution < -0.4 is 0 Å². The van der Waals surface area contributed by atoms with E-state index in [4.69, 9.17) is 0 Å². The zero-order chi connectivity index (χ0) is 12.6. The molecule has 1 radical (unpaired) electrons. The predicted molar refractivity (Wildman–Crippen MR) is 78.6 cm³/mol. The van der Waals surface area contributed by atoms with Gasteiger partial charge in [0.1, 0.15) is 0 Å². The molecule has 1 heterocycles. The number of carbonyl (C=O) groups excluding carboxylic acids is 1. The molecule has 1 atom stereocenters. The first-order valence-corrected chi connectivity index (χ1v) is 7.48. The maximum absolute atomic E-state index is 11.9. The van der Waals surface area contributed by atoms with Crippen molar-refractivity contribution in [3.63, 3.8) is 0 Å². The van der Waals surface area contributed by atoms with Gasteiger partial charge in [0.05, 0.1) is 4.83 Å². The summed E-state index contributed by atoms with van der Waals surface area (Å²) in [6, 6.07) is 5.88. The monoisotopic (exact) mass is 509 g/mol. The quantitative estimate of drug-likeness (QED) is 0.413. The van der Waals surface area contributed by atoms with Gasteiger partial charge < -0.3 is 4.90 Å². The number of hydrogen-bond donors (Lipinski definition) is 0. The van der Waals surface area contributed by atoms with Gasteiger partial charge in [-0.25, -0.2) is 6.08 Å². The summed E-state index contributed by atoms with van der Waals surface area (Å²) in [5, 5.41) is 0. The molecule has 6 heteroatoms. The average molecular weight is 512 g/mol. The summed E-state index contributed by atoms with van der Waals surface area (Å²) in [4.78, 5) is 13.4. The van der Waals surface area contributed by atoms with Crippen LogP contribution in [0.25, 0.3) is 5.70 Å². The molecule has 1 unspecified atom stereocenters. The van der Waals surface area contributed by atoms with Crippen molar-refractivity contribution in [3.8, 4) is 0 Å². The smallest absolute Gasteiger partial charge is 0.236 e. The van der Waals surface area contributed by atoms with Gasteiger partial charge in [-0.2, -0.15) is 0 Å². The van der Waals surface area contributed by atoms with Crippen LogP contribution in [0.2, 0.25) is 0 Å². The molecule has 18 heavy (non-hydrogen) atoms. The molecule has 1 aromatic rings. The second-order valence-corrected chi connectivity index (χ2v) is 6.59. The number of halogens is 3. The summed E-state index contributed by atoms with van der Waals surface area (Å²) >= 11 is 10.3. The summed E-state index contributed by atoms with van der Waals surface area (Å²) in [6.45, 7) is 0. The third kappa shape index (κ3) is 3.54. The van der Waals surface area contributed by atoms with Gasteiger partial charge in [0, 0.05) is 44.2 Å². The van der Waals surface area contributed by atoms with Crippen molar-refractivity contribution in [2.45, 2.75) is 11.2 Å². The van der Waals surface area contributed by atoms with Gasteiger partial charge in [-0.3, -0.25) is 4.79 Å². The fourth-order valence-electron chi connectivity index (χ4n) is 1.67. The largest absolute Gasteiger partial charge is 0.349 e. The first kappa shape index (κ1) is 17.0. The van der Waals surface area contributed by atoms with E-state index in [0.717, 1.165) is 20.2 Å². The van der Waals surface area contributed by atoms with Crippen molar-refractivity contribution in [2.75, 3.05) is 7.05 Å². The van der Waals surface area contributed by atoms with Gasteiger partial charge in [-0.1, -0.05) is 70.8 Å². The van der Waals surface area contributed by atoms with Crippen molar-refractivity contribution in [1.29, 1.82) is 0 Å². The molecule has 0 spiro atoms. The fourth-order valence-corrected chi connectivity index (χ4v) is 3.37. The number of amides is 1. The maximum Gasteiger partial charge on any atom is 0.236 e. The summed E-state index contributed by atoms with van der Waals surface area (Å²) in [5.41, 5.74) is 1.80. The van der Waals surface area contributed by atoms with Gasteiger partial charge in [-0.15, -0.1) is 17.3 Å². The van der Waals surface area contributed by atoms with Crippen LogP contribution in [0.15, 0.2) is 27.1 Å². The van der Waals surface area contributed by atoms with Gasteiger partial charge in [0.15, 0.2) is 0 Å². The van der Waals surface area contributed by atoms with E-state index in [-0.39, 0.29) is 43.4 Å². The van der Waals surface area contributed by atoms with Crippen LogP contribution in [0.4, 0.5) is 0 Å². The number of allylic oxidation sites excluding steroid dienone is 1. The summed E-state index contributed by atoms with van der Waals surface area (Å²) in [6.07, 6.45) is 3.85. The first-order valence-electron chi connectivity index (χ1n) is 4.98. The summed E-state index contributed by atoms with van der Waals surface area (Å²) < 4.78 is 1.94. The molecule has 2 rings (SSSR count). The zero-order valence-electron chi connectivity index (χ0n) is 9.58. The number of hydrogen-bond acceptors (Lipinski definition) is 1. The molecule has 1 aliphatic rings. The number of rotatable bonds is 1. The van der Waals surface area contributed by atoms with E-state index in [9.17, 15) is 4.79 Å². The third-order valence-electron chi connectivity index (χ3n) is 2.57. The van der Waals surface area contributed by atoms with Gasteiger partial charge in [-0.05, 0) is 0 Å². The minimum atomic E-state index is -0.162. The molecule has 93 valence electrons. The molecule has 0 fully saturated rings. The van der Waals surface area contributed by atoms with Gasteiger partial charge >= 0.3 is 0 Å². The molecule has 0 N–H and O–H groups in total. The van der Waals surface area contributed by atoms with Crippen molar-refractivity contribution < 1.29 is 37.5 Å². The number of benzene rings is 1. The average Bonchev–Trinajstić information content (AvgIpc) is 2.28. The Morgan fingerprint density at radius 1 is 1.39 bits per heavy atom. The van der Waals surface area contributed by atoms with Crippen molar-refractivity contribution in [3.05, 3.63) is 38.8 Å². The molecule has 0 saturated carbocycles. The second kappa shape index (κ2) is 7.12. The molecular formula is C12H9Br3NOY-. The normalized spacial score (nSPS) is 19.3. The summed E-state index contributed by atoms with van der Waals surface area (Å²) in [7, 11) is 1.77. The van der Waals surface area contributed by atoms with E-state index in [2.05, 4.69) is 53.9 Å². The first-order chi connectivity index (χ1) is 8.00. The zero-order valence-corrected chi connectivity index (χ0v) is 17.2. The van der Waals surface area contributed by atoms with Crippen molar-refractivity contribution in [2.24, 2.45) is 0 Å². The summed E-state index contributed by atoms with van der Waals surface area (Å²) in [5.74, 6) is 0.0635. The minimum absolute atomic E-state index is 0.